The number of anilines is 1. The first-order valence-electron chi connectivity index (χ1n) is 6.38. The number of rotatable bonds is 3. The van der Waals surface area contributed by atoms with E-state index in [9.17, 15) is 18.0 Å². The van der Waals surface area contributed by atoms with Gasteiger partial charge in [-0.15, -0.1) is 0 Å². The molecule has 1 N–H and O–H groups in total. The number of alkyl halides is 3. The van der Waals surface area contributed by atoms with Gasteiger partial charge in [0.05, 0.1) is 12.0 Å². The van der Waals surface area contributed by atoms with Gasteiger partial charge in [0.1, 0.15) is 0 Å². The molecular weight excluding hydrogens is 279 g/mol. The average molecular weight is 293 g/mol. The molecule has 0 aliphatic rings. The van der Waals surface area contributed by atoms with Gasteiger partial charge in [0.2, 0.25) is 5.91 Å². The molecule has 2 nitrogen and oxygen atoms in total. The fourth-order valence-electron chi connectivity index (χ4n) is 1.96. The van der Waals surface area contributed by atoms with E-state index in [2.05, 4.69) is 5.32 Å². The fourth-order valence-corrected chi connectivity index (χ4v) is 1.96. The number of nitrogens with one attached hydrogen (secondary N) is 1. The second-order valence-corrected chi connectivity index (χ2v) is 4.73. The van der Waals surface area contributed by atoms with Crippen LogP contribution in [0.4, 0.5) is 18.9 Å². The zero-order valence-electron chi connectivity index (χ0n) is 11.4. The van der Waals surface area contributed by atoms with Crippen LogP contribution in [0.2, 0.25) is 0 Å². The Labute approximate surface area is 120 Å². The maximum atomic E-state index is 12.6. The van der Waals surface area contributed by atoms with Crippen LogP contribution in [-0.4, -0.2) is 5.91 Å². The quantitative estimate of drug-likeness (QED) is 0.903. The highest BCUT2D eigenvalue weighted by molar-refractivity contribution is 5.92. The Kier molecular flexibility index (Phi) is 4.31. The molecule has 0 fully saturated rings. The van der Waals surface area contributed by atoms with Crippen LogP contribution in [0.3, 0.4) is 0 Å². The molecule has 0 unspecified atom stereocenters. The highest BCUT2D eigenvalue weighted by atomic mass is 19.4. The van der Waals surface area contributed by atoms with Gasteiger partial charge >= 0.3 is 6.18 Å². The van der Waals surface area contributed by atoms with Gasteiger partial charge in [-0.2, -0.15) is 13.2 Å². The lowest BCUT2D eigenvalue weighted by Gasteiger charge is -2.10. The predicted octanol–water partition coefficient (Wildman–Crippen LogP) is 4.20. The zero-order chi connectivity index (χ0) is 15.5. The Morgan fingerprint density at radius 1 is 1.10 bits per heavy atom. The topological polar surface area (TPSA) is 29.1 Å². The lowest BCUT2D eigenvalue weighted by molar-refractivity contribution is -0.137. The van der Waals surface area contributed by atoms with Crippen molar-refractivity contribution in [2.45, 2.75) is 19.5 Å². The first-order valence-corrected chi connectivity index (χ1v) is 6.38. The number of hydrogen-bond acceptors (Lipinski definition) is 1. The Bertz CT molecular complexity index is 650. The molecule has 2 aromatic rings. The molecule has 0 saturated heterocycles. The Balaban J connectivity index is 2.08. The van der Waals surface area contributed by atoms with Crippen LogP contribution in [0.15, 0.2) is 48.5 Å². The van der Waals surface area contributed by atoms with E-state index in [-0.39, 0.29) is 18.0 Å². The summed E-state index contributed by atoms with van der Waals surface area (Å²) in [7, 11) is 0. The molecule has 21 heavy (non-hydrogen) atoms. The van der Waals surface area contributed by atoms with Crippen molar-refractivity contribution in [1.82, 2.24) is 0 Å². The summed E-state index contributed by atoms with van der Waals surface area (Å²) in [5.41, 5.74) is 1.18. The van der Waals surface area contributed by atoms with E-state index < -0.39 is 11.7 Å². The molecule has 0 heterocycles. The highest BCUT2D eigenvalue weighted by Gasteiger charge is 2.30. The third-order valence-electron chi connectivity index (χ3n) is 3.09. The number of benzene rings is 2. The molecule has 5 heteroatoms. The first-order chi connectivity index (χ1) is 9.86. The molecule has 0 saturated carbocycles. The maximum absolute atomic E-state index is 12.6. The van der Waals surface area contributed by atoms with Gasteiger partial charge in [-0.05, 0) is 36.2 Å². The van der Waals surface area contributed by atoms with Gasteiger partial charge in [0, 0.05) is 5.69 Å². The van der Waals surface area contributed by atoms with Crippen LogP contribution in [-0.2, 0) is 17.4 Å². The molecular formula is C16H14F3NO. The van der Waals surface area contributed by atoms with Crippen molar-refractivity contribution in [1.29, 1.82) is 0 Å². The van der Waals surface area contributed by atoms with Crippen molar-refractivity contribution in [3.63, 3.8) is 0 Å². The Hall–Kier alpha value is -2.30. The molecule has 2 aromatic carbocycles. The Morgan fingerprint density at radius 2 is 1.81 bits per heavy atom. The van der Waals surface area contributed by atoms with E-state index in [0.29, 0.717) is 0 Å². The summed E-state index contributed by atoms with van der Waals surface area (Å²) in [6.45, 7) is 1.88. The van der Waals surface area contributed by atoms with Gasteiger partial charge in [-0.3, -0.25) is 4.79 Å². The minimum absolute atomic E-state index is 0.128. The van der Waals surface area contributed by atoms with Gasteiger partial charge in [0.25, 0.3) is 0 Å². The lowest BCUT2D eigenvalue weighted by atomic mass is 10.1. The standard InChI is InChI=1S/C16H14F3NO/c1-11-5-2-3-6-12(11)9-15(21)20-14-8-4-7-13(10-14)16(17,18)19/h2-8,10H,9H2,1H3,(H,20,21). The zero-order valence-corrected chi connectivity index (χ0v) is 11.4. The second-order valence-electron chi connectivity index (χ2n) is 4.73. The van der Waals surface area contributed by atoms with E-state index in [0.717, 1.165) is 23.3 Å². The molecule has 1 amide bonds. The van der Waals surface area contributed by atoms with Crippen LogP contribution in [0.25, 0.3) is 0 Å². The van der Waals surface area contributed by atoms with Crippen LogP contribution >= 0.6 is 0 Å². The third kappa shape index (κ3) is 4.08. The van der Waals surface area contributed by atoms with Crippen LogP contribution in [0, 0.1) is 6.92 Å². The van der Waals surface area contributed by atoms with Crippen molar-refractivity contribution < 1.29 is 18.0 Å². The minimum atomic E-state index is -4.42. The molecule has 0 atom stereocenters. The number of hydrogen-bond donors (Lipinski definition) is 1. The molecule has 0 spiro atoms. The van der Waals surface area contributed by atoms with E-state index in [1.54, 1.807) is 0 Å². The number of aryl methyl sites for hydroxylation is 1. The van der Waals surface area contributed by atoms with Crippen molar-refractivity contribution >= 4 is 11.6 Å². The van der Waals surface area contributed by atoms with E-state index in [4.69, 9.17) is 0 Å². The van der Waals surface area contributed by atoms with Crippen molar-refractivity contribution in [2.75, 3.05) is 5.32 Å². The monoisotopic (exact) mass is 293 g/mol. The SMILES string of the molecule is Cc1ccccc1CC(=O)Nc1cccc(C(F)(F)F)c1. The summed E-state index contributed by atoms with van der Waals surface area (Å²) in [5.74, 6) is -0.344. The van der Waals surface area contributed by atoms with Crippen LogP contribution in [0.5, 0.6) is 0 Å². The summed E-state index contributed by atoms with van der Waals surface area (Å²) >= 11 is 0. The summed E-state index contributed by atoms with van der Waals surface area (Å²) in [4.78, 5) is 11.9. The number of halogens is 3. The number of carbonyl (C=O) groups excluding carboxylic acids is 1. The highest BCUT2D eigenvalue weighted by Crippen LogP contribution is 2.30. The predicted molar refractivity (Wildman–Crippen MR) is 75.0 cm³/mol. The van der Waals surface area contributed by atoms with Gasteiger partial charge in [-0.25, -0.2) is 0 Å². The third-order valence-corrected chi connectivity index (χ3v) is 3.09. The van der Waals surface area contributed by atoms with Crippen molar-refractivity contribution in [2.24, 2.45) is 0 Å². The normalized spacial score (nSPS) is 11.2. The van der Waals surface area contributed by atoms with Gasteiger partial charge in [0.15, 0.2) is 0 Å². The molecule has 0 aromatic heterocycles. The molecule has 2 rings (SSSR count). The van der Waals surface area contributed by atoms with Crippen molar-refractivity contribution in [3.05, 3.63) is 65.2 Å². The smallest absolute Gasteiger partial charge is 0.326 e. The molecule has 0 radical (unpaired) electrons. The van der Waals surface area contributed by atoms with Crippen LogP contribution < -0.4 is 5.32 Å². The average Bonchev–Trinajstić information content (AvgIpc) is 2.41. The summed E-state index contributed by atoms with van der Waals surface area (Å²) in [6.07, 6.45) is -4.29. The molecule has 0 aliphatic heterocycles. The summed E-state index contributed by atoms with van der Waals surface area (Å²) in [6, 6.07) is 12.0. The lowest BCUT2D eigenvalue weighted by Crippen LogP contribution is -2.15. The molecule has 0 aliphatic carbocycles. The molecule has 110 valence electrons. The number of carbonyl (C=O) groups is 1. The largest absolute Gasteiger partial charge is 0.416 e. The van der Waals surface area contributed by atoms with E-state index in [1.807, 2.05) is 31.2 Å². The molecule has 0 bridgehead atoms. The second kappa shape index (κ2) is 5.99. The summed E-state index contributed by atoms with van der Waals surface area (Å²) in [5, 5.41) is 2.49. The Morgan fingerprint density at radius 3 is 2.48 bits per heavy atom. The van der Waals surface area contributed by atoms with Crippen molar-refractivity contribution in [3.8, 4) is 0 Å². The minimum Gasteiger partial charge on any atom is -0.326 e. The van der Waals surface area contributed by atoms with Gasteiger partial charge in [-0.1, -0.05) is 30.3 Å². The fraction of sp³-hybridized carbons (Fsp3) is 0.188. The maximum Gasteiger partial charge on any atom is 0.416 e. The number of amides is 1. The first kappa shape index (κ1) is 15.1. The summed E-state index contributed by atoms with van der Waals surface area (Å²) < 4.78 is 37.8. The van der Waals surface area contributed by atoms with E-state index in [1.165, 1.54) is 12.1 Å². The van der Waals surface area contributed by atoms with Crippen LogP contribution in [0.1, 0.15) is 16.7 Å². The van der Waals surface area contributed by atoms with Gasteiger partial charge < -0.3 is 5.32 Å². The van der Waals surface area contributed by atoms with E-state index >= 15 is 0 Å².